The van der Waals surface area contributed by atoms with Crippen LogP contribution in [0.25, 0.3) is 0 Å². The fraction of sp³-hybridized carbons (Fsp3) is 0.429. The number of hydrogen-bond donors (Lipinski definition) is 3. The van der Waals surface area contributed by atoms with E-state index in [0.29, 0.717) is 18.5 Å². The molecule has 21 heavy (non-hydrogen) atoms. The summed E-state index contributed by atoms with van der Waals surface area (Å²) in [7, 11) is 0. The van der Waals surface area contributed by atoms with Gasteiger partial charge in [-0.25, -0.2) is 10.4 Å². The van der Waals surface area contributed by atoms with Gasteiger partial charge in [-0.1, -0.05) is 0 Å². The van der Waals surface area contributed by atoms with E-state index >= 15 is 0 Å². The lowest BCUT2D eigenvalue weighted by Gasteiger charge is -2.08. The molecular weight excluding hydrogens is 274 g/mol. The molecule has 114 valence electrons. The van der Waals surface area contributed by atoms with E-state index in [1.54, 1.807) is 6.07 Å². The number of rotatable bonds is 8. The molecule has 1 rings (SSSR count). The Hall–Kier alpha value is -2.12. The Morgan fingerprint density at radius 3 is 2.52 bits per heavy atom. The summed E-state index contributed by atoms with van der Waals surface area (Å²) in [6, 6.07) is 2.95. The van der Waals surface area contributed by atoms with Gasteiger partial charge in [-0.15, -0.1) is 0 Å². The summed E-state index contributed by atoms with van der Waals surface area (Å²) < 4.78 is 0. The van der Waals surface area contributed by atoms with Crippen molar-refractivity contribution in [3.8, 4) is 0 Å². The van der Waals surface area contributed by atoms with Gasteiger partial charge in [0.05, 0.1) is 6.61 Å². The molecule has 0 fully saturated rings. The molecule has 0 aromatic carbocycles. The Morgan fingerprint density at radius 1 is 1.24 bits per heavy atom. The summed E-state index contributed by atoms with van der Waals surface area (Å²) in [6.07, 6.45) is 0.680. The number of aliphatic hydroxyl groups excluding tert-OH is 1. The van der Waals surface area contributed by atoms with Crippen LogP contribution >= 0.6 is 0 Å². The Labute approximate surface area is 122 Å². The van der Waals surface area contributed by atoms with Crippen LogP contribution in [-0.2, 0) is 11.2 Å². The number of aromatic nitrogens is 1. The summed E-state index contributed by atoms with van der Waals surface area (Å²) in [5, 5.41) is 8.63. The standard InChI is InChI=1S/C14H19N3O4/c1-9(19)3-4-12-7-11(8-13(16-12)10(2)20)14(21)17-15-5-6-18/h7-8,15,18H,3-6H2,1-2H3,(H,17,21). The number of ketones is 2. The number of aliphatic hydroxyl groups is 1. The number of carbonyl (C=O) groups is 3. The predicted octanol–water partition coefficient (Wildman–Crippen LogP) is 0.0325. The molecule has 0 atom stereocenters. The van der Waals surface area contributed by atoms with Gasteiger partial charge in [0.1, 0.15) is 11.5 Å². The summed E-state index contributed by atoms with van der Waals surface area (Å²) in [5.41, 5.74) is 5.93. The zero-order valence-electron chi connectivity index (χ0n) is 12.1. The Morgan fingerprint density at radius 2 is 1.95 bits per heavy atom. The molecular formula is C14H19N3O4. The van der Waals surface area contributed by atoms with Crippen molar-refractivity contribution in [3.05, 3.63) is 29.1 Å². The minimum Gasteiger partial charge on any atom is -0.395 e. The number of hydrogen-bond acceptors (Lipinski definition) is 6. The van der Waals surface area contributed by atoms with Gasteiger partial charge in [-0.05, 0) is 25.5 Å². The van der Waals surface area contributed by atoms with E-state index in [1.807, 2.05) is 0 Å². The maximum Gasteiger partial charge on any atom is 0.265 e. The number of nitrogens with zero attached hydrogens (tertiary/aromatic N) is 1. The number of carbonyl (C=O) groups excluding carboxylic acids is 3. The SMILES string of the molecule is CC(=O)CCc1cc(C(=O)NNCCO)cc(C(C)=O)n1. The van der Waals surface area contributed by atoms with E-state index < -0.39 is 5.91 Å². The van der Waals surface area contributed by atoms with Crippen molar-refractivity contribution in [2.24, 2.45) is 0 Å². The minimum atomic E-state index is -0.433. The van der Waals surface area contributed by atoms with Crippen LogP contribution in [0.1, 0.15) is 46.8 Å². The first-order chi connectivity index (χ1) is 9.93. The lowest BCUT2D eigenvalue weighted by Crippen LogP contribution is -2.39. The highest BCUT2D eigenvalue weighted by Crippen LogP contribution is 2.09. The number of Topliss-reactive ketones (excluding diaryl/α,β-unsaturated/α-hetero) is 2. The van der Waals surface area contributed by atoms with Crippen molar-refractivity contribution in [1.29, 1.82) is 0 Å². The molecule has 1 heterocycles. The fourth-order valence-electron chi connectivity index (χ4n) is 1.60. The lowest BCUT2D eigenvalue weighted by molar-refractivity contribution is -0.117. The maximum absolute atomic E-state index is 11.9. The largest absolute Gasteiger partial charge is 0.395 e. The van der Waals surface area contributed by atoms with Gasteiger partial charge in [-0.2, -0.15) is 0 Å². The van der Waals surface area contributed by atoms with Crippen LogP contribution in [0.15, 0.2) is 12.1 Å². The van der Waals surface area contributed by atoms with Gasteiger partial charge >= 0.3 is 0 Å². The van der Waals surface area contributed by atoms with Gasteiger partial charge in [-0.3, -0.25) is 15.0 Å². The molecule has 0 saturated carbocycles. The molecule has 0 saturated heterocycles. The van der Waals surface area contributed by atoms with Gasteiger partial charge in [0.2, 0.25) is 0 Å². The molecule has 0 aliphatic heterocycles. The van der Waals surface area contributed by atoms with E-state index in [9.17, 15) is 14.4 Å². The normalized spacial score (nSPS) is 10.2. The molecule has 0 aliphatic rings. The van der Waals surface area contributed by atoms with E-state index in [-0.39, 0.29) is 36.0 Å². The number of hydrazine groups is 1. The second-order valence-corrected chi connectivity index (χ2v) is 4.60. The van der Waals surface area contributed by atoms with Crippen molar-refractivity contribution in [2.45, 2.75) is 26.7 Å². The van der Waals surface area contributed by atoms with Crippen molar-refractivity contribution >= 4 is 17.5 Å². The van der Waals surface area contributed by atoms with Gasteiger partial charge < -0.3 is 9.90 Å². The van der Waals surface area contributed by atoms with Crippen molar-refractivity contribution in [2.75, 3.05) is 13.2 Å². The van der Waals surface area contributed by atoms with Crippen molar-refractivity contribution < 1.29 is 19.5 Å². The first-order valence-electron chi connectivity index (χ1n) is 6.59. The molecule has 1 amide bonds. The second kappa shape index (κ2) is 8.23. The number of amides is 1. The molecule has 0 unspecified atom stereocenters. The molecule has 0 radical (unpaired) electrons. The topological polar surface area (TPSA) is 108 Å². The summed E-state index contributed by atoms with van der Waals surface area (Å²) >= 11 is 0. The molecule has 0 spiro atoms. The van der Waals surface area contributed by atoms with Gasteiger partial charge in [0.25, 0.3) is 5.91 Å². The highest BCUT2D eigenvalue weighted by atomic mass is 16.3. The molecule has 1 aromatic heterocycles. The molecule has 3 N–H and O–H groups in total. The summed E-state index contributed by atoms with van der Waals surface area (Å²) in [6.45, 7) is 2.94. The van der Waals surface area contributed by atoms with E-state index in [4.69, 9.17) is 5.11 Å². The van der Waals surface area contributed by atoms with Crippen molar-refractivity contribution in [3.63, 3.8) is 0 Å². The second-order valence-electron chi connectivity index (χ2n) is 4.60. The Kier molecular flexibility index (Phi) is 6.64. The van der Waals surface area contributed by atoms with Crippen LogP contribution in [0.5, 0.6) is 0 Å². The molecule has 7 nitrogen and oxygen atoms in total. The molecule has 0 aliphatic carbocycles. The zero-order chi connectivity index (χ0) is 15.8. The monoisotopic (exact) mass is 293 g/mol. The average Bonchev–Trinajstić information content (AvgIpc) is 2.44. The fourth-order valence-corrected chi connectivity index (χ4v) is 1.60. The Balaban J connectivity index is 2.93. The van der Waals surface area contributed by atoms with Gasteiger partial charge in [0.15, 0.2) is 5.78 Å². The van der Waals surface area contributed by atoms with Crippen LogP contribution in [0.2, 0.25) is 0 Å². The smallest absolute Gasteiger partial charge is 0.265 e. The van der Waals surface area contributed by atoms with Crippen LogP contribution in [0.3, 0.4) is 0 Å². The zero-order valence-corrected chi connectivity index (χ0v) is 12.1. The highest BCUT2D eigenvalue weighted by Gasteiger charge is 2.12. The average molecular weight is 293 g/mol. The predicted molar refractivity (Wildman–Crippen MR) is 75.8 cm³/mol. The first-order valence-corrected chi connectivity index (χ1v) is 6.59. The number of nitrogens with one attached hydrogen (secondary N) is 2. The van der Waals surface area contributed by atoms with Crippen LogP contribution in [0, 0.1) is 0 Å². The minimum absolute atomic E-state index is 0.0145. The molecule has 1 aromatic rings. The lowest BCUT2D eigenvalue weighted by atomic mass is 10.1. The van der Waals surface area contributed by atoms with Crippen molar-refractivity contribution in [1.82, 2.24) is 15.8 Å². The number of aryl methyl sites for hydroxylation is 1. The van der Waals surface area contributed by atoms with E-state index in [2.05, 4.69) is 15.8 Å². The van der Waals surface area contributed by atoms with Gasteiger partial charge in [0, 0.05) is 31.1 Å². The molecule has 0 bridgehead atoms. The maximum atomic E-state index is 11.9. The first kappa shape index (κ1) is 16.9. The molecule has 7 heteroatoms. The number of pyridine rings is 1. The summed E-state index contributed by atoms with van der Waals surface area (Å²) in [5.74, 6) is -0.671. The Bertz CT molecular complexity index is 543. The van der Waals surface area contributed by atoms with Crippen LogP contribution in [-0.4, -0.2) is 40.7 Å². The summed E-state index contributed by atoms with van der Waals surface area (Å²) in [4.78, 5) is 38.5. The van der Waals surface area contributed by atoms with E-state index in [1.165, 1.54) is 19.9 Å². The third kappa shape index (κ3) is 5.80. The third-order valence-electron chi connectivity index (χ3n) is 2.67. The third-order valence-corrected chi connectivity index (χ3v) is 2.67. The van der Waals surface area contributed by atoms with Crippen LogP contribution < -0.4 is 10.9 Å². The highest BCUT2D eigenvalue weighted by molar-refractivity contribution is 5.98. The van der Waals surface area contributed by atoms with Crippen LogP contribution in [0.4, 0.5) is 0 Å². The quantitative estimate of drug-likeness (QED) is 0.354. The van der Waals surface area contributed by atoms with E-state index in [0.717, 1.165) is 0 Å².